The van der Waals surface area contributed by atoms with E-state index >= 15 is 0 Å². The number of hydrogen-bond donors (Lipinski definition) is 1. The third-order valence-corrected chi connectivity index (χ3v) is 6.36. The molecule has 1 atom stereocenters. The van der Waals surface area contributed by atoms with E-state index in [4.69, 9.17) is 4.74 Å². The molecule has 5 nitrogen and oxygen atoms in total. The van der Waals surface area contributed by atoms with Crippen LogP contribution in [0, 0.1) is 0 Å². The molecule has 0 spiro atoms. The summed E-state index contributed by atoms with van der Waals surface area (Å²) >= 11 is 0. The van der Waals surface area contributed by atoms with Gasteiger partial charge in [-0.25, -0.2) is 0 Å². The zero-order valence-electron chi connectivity index (χ0n) is 18.5. The Morgan fingerprint density at radius 3 is 2.52 bits per heavy atom. The fraction of sp³-hybridized carbons (Fsp3) is 0.214. The highest BCUT2D eigenvalue weighted by atomic mass is 16.5. The van der Waals surface area contributed by atoms with Crippen LogP contribution in [-0.4, -0.2) is 23.4 Å². The van der Waals surface area contributed by atoms with Crippen molar-refractivity contribution in [1.29, 1.82) is 0 Å². The topological polar surface area (TPSA) is 66.8 Å². The molecule has 1 amide bonds. The summed E-state index contributed by atoms with van der Waals surface area (Å²) in [6.07, 6.45) is 2.63. The summed E-state index contributed by atoms with van der Waals surface area (Å²) in [5.41, 5.74) is 4.15. The van der Waals surface area contributed by atoms with Gasteiger partial charge in [0, 0.05) is 11.3 Å². The van der Waals surface area contributed by atoms with Gasteiger partial charge >= 0.3 is 0 Å². The Morgan fingerprint density at radius 1 is 1.03 bits per heavy atom. The smallest absolute Gasteiger partial charge is 0.300 e. The van der Waals surface area contributed by atoms with Gasteiger partial charge in [-0.3, -0.25) is 14.5 Å². The molecule has 166 valence electrons. The van der Waals surface area contributed by atoms with E-state index in [1.54, 1.807) is 18.2 Å². The number of aliphatic hydroxyl groups is 1. The van der Waals surface area contributed by atoms with Crippen molar-refractivity contribution >= 4 is 23.1 Å². The zero-order valence-corrected chi connectivity index (χ0v) is 18.5. The number of carbonyl (C=O) groups excluding carboxylic acids is 2. The standard InChI is InChI=1S/C28H25NO4/c1-2-18-10-12-19(13-11-18)25-24(27(31)28(32)29(25)22-8-4-3-5-9-22)26(30)21-14-15-23-20(17-21)7-6-16-33-23/h3-5,8-15,17,25,30H,2,6-7,16H2,1H3/b26-24-. The second-order valence-electron chi connectivity index (χ2n) is 8.37. The summed E-state index contributed by atoms with van der Waals surface area (Å²) in [5, 5.41) is 11.3. The molecule has 1 saturated heterocycles. The summed E-state index contributed by atoms with van der Waals surface area (Å²) in [5.74, 6) is -0.692. The van der Waals surface area contributed by atoms with Gasteiger partial charge in [-0.2, -0.15) is 0 Å². The molecule has 5 heteroatoms. The molecule has 1 fully saturated rings. The first-order valence-corrected chi connectivity index (χ1v) is 11.3. The summed E-state index contributed by atoms with van der Waals surface area (Å²) in [7, 11) is 0. The van der Waals surface area contributed by atoms with Crippen LogP contribution in [0.3, 0.4) is 0 Å². The van der Waals surface area contributed by atoms with Crippen molar-refractivity contribution < 1.29 is 19.4 Å². The molecule has 3 aromatic carbocycles. The highest BCUT2D eigenvalue weighted by molar-refractivity contribution is 6.51. The monoisotopic (exact) mass is 439 g/mol. The maximum atomic E-state index is 13.3. The molecule has 0 aromatic heterocycles. The first kappa shape index (κ1) is 21.0. The maximum absolute atomic E-state index is 13.3. The Morgan fingerprint density at radius 2 is 1.79 bits per heavy atom. The van der Waals surface area contributed by atoms with Gasteiger partial charge in [-0.15, -0.1) is 0 Å². The van der Waals surface area contributed by atoms with E-state index in [0.717, 1.165) is 41.7 Å². The molecule has 0 radical (unpaired) electrons. The van der Waals surface area contributed by atoms with Gasteiger partial charge in [0.05, 0.1) is 18.2 Å². The van der Waals surface area contributed by atoms with Gasteiger partial charge in [-0.05, 0) is 66.3 Å². The Bertz CT molecular complexity index is 1240. The van der Waals surface area contributed by atoms with Crippen molar-refractivity contribution in [2.75, 3.05) is 11.5 Å². The molecule has 3 aromatic rings. The summed E-state index contributed by atoms with van der Waals surface area (Å²) in [6, 6.07) is 21.7. The molecule has 1 N–H and O–H groups in total. The molecule has 2 heterocycles. The predicted molar refractivity (Wildman–Crippen MR) is 127 cm³/mol. The molecule has 33 heavy (non-hydrogen) atoms. The number of Topliss-reactive ketones (excluding diaryl/α,β-unsaturated/α-hetero) is 1. The highest BCUT2D eigenvalue weighted by Crippen LogP contribution is 2.42. The minimum atomic E-state index is -0.717. The molecule has 0 saturated carbocycles. The molecule has 2 aliphatic heterocycles. The van der Waals surface area contributed by atoms with Crippen LogP contribution < -0.4 is 9.64 Å². The number of amides is 1. The van der Waals surface area contributed by atoms with Crippen molar-refractivity contribution in [2.24, 2.45) is 0 Å². The Hall–Kier alpha value is -3.86. The van der Waals surface area contributed by atoms with E-state index in [0.29, 0.717) is 17.9 Å². The van der Waals surface area contributed by atoms with Crippen molar-refractivity contribution in [1.82, 2.24) is 0 Å². The molecule has 5 rings (SSSR count). The van der Waals surface area contributed by atoms with Crippen molar-refractivity contribution in [3.05, 3.63) is 101 Å². The van der Waals surface area contributed by atoms with Crippen molar-refractivity contribution in [3.63, 3.8) is 0 Å². The first-order chi connectivity index (χ1) is 16.1. The number of ether oxygens (including phenoxy) is 1. The number of para-hydroxylation sites is 1. The van der Waals surface area contributed by atoms with E-state index in [2.05, 4.69) is 6.92 Å². The normalized spacial score (nSPS) is 19.3. The lowest BCUT2D eigenvalue weighted by molar-refractivity contribution is -0.132. The van der Waals surface area contributed by atoms with Gasteiger partial charge in [0.25, 0.3) is 11.7 Å². The Balaban J connectivity index is 1.68. The zero-order chi connectivity index (χ0) is 22.9. The molecule has 1 unspecified atom stereocenters. The number of carbonyl (C=O) groups is 2. The predicted octanol–water partition coefficient (Wildman–Crippen LogP) is 5.20. The van der Waals surface area contributed by atoms with Crippen LogP contribution >= 0.6 is 0 Å². The number of fused-ring (bicyclic) bond motifs is 1. The van der Waals surface area contributed by atoms with E-state index in [9.17, 15) is 14.7 Å². The number of aryl methyl sites for hydroxylation is 2. The van der Waals surface area contributed by atoms with Crippen LogP contribution in [0.5, 0.6) is 5.75 Å². The fourth-order valence-corrected chi connectivity index (χ4v) is 4.60. The van der Waals surface area contributed by atoms with E-state index < -0.39 is 17.7 Å². The Labute approximate surface area is 192 Å². The minimum Gasteiger partial charge on any atom is -0.507 e. The lowest BCUT2D eigenvalue weighted by Crippen LogP contribution is -2.29. The number of benzene rings is 3. The van der Waals surface area contributed by atoms with Gasteiger partial charge in [0.1, 0.15) is 11.5 Å². The third kappa shape index (κ3) is 3.69. The van der Waals surface area contributed by atoms with Gasteiger partial charge < -0.3 is 9.84 Å². The number of ketones is 1. The summed E-state index contributed by atoms with van der Waals surface area (Å²) in [4.78, 5) is 28.0. The molecular formula is C28H25NO4. The van der Waals surface area contributed by atoms with Crippen LogP contribution in [0.25, 0.3) is 5.76 Å². The number of rotatable bonds is 4. The van der Waals surface area contributed by atoms with Gasteiger partial charge in [-0.1, -0.05) is 49.4 Å². The third-order valence-electron chi connectivity index (χ3n) is 6.36. The highest BCUT2D eigenvalue weighted by Gasteiger charge is 2.46. The van der Waals surface area contributed by atoms with Gasteiger partial charge in [0.15, 0.2) is 0 Å². The average molecular weight is 440 g/mol. The number of anilines is 1. The first-order valence-electron chi connectivity index (χ1n) is 11.3. The fourth-order valence-electron chi connectivity index (χ4n) is 4.60. The molecule has 2 aliphatic rings. The van der Waals surface area contributed by atoms with E-state index in [-0.39, 0.29) is 11.3 Å². The lowest BCUT2D eigenvalue weighted by atomic mass is 9.93. The quantitative estimate of drug-likeness (QED) is 0.345. The average Bonchev–Trinajstić information content (AvgIpc) is 3.14. The Kier molecular flexibility index (Phi) is 5.47. The van der Waals surface area contributed by atoms with E-state index in [1.807, 2.05) is 54.6 Å². The number of hydrogen-bond acceptors (Lipinski definition) is 4. The lowest BCUT2D eigenvalue weighted by Gasteiger charge is -2.25. The minimum absolute atomic E-state index is 0.102. The molecular weight excluding hydrogens is 414 g/mol. The maximum Gasteiger partial charge on any atom is 0.300 e. The van der Waals surface area contributed by atoms with Crippen LogP contribution in [0.15, 0.2) is 78.4 Å². The number of nitrogens with zero attached hydrogens (tertiary/aromatic N) is 1. The van der Waals surface area contributed by atoms with E-state index in [1.165, 1.54) is 4.90 Å². The van der Waals surface area contributed by atoms with Crippen LogP contribution in [0.4, 0.5) is 5.69 Å². The van der Waals surface area contributed by atoms with Gasteiger partial charge in [0.2, 0.25) is 0 Å². The second-order valence-corrected chi connectivity index (χ2v) is 8.37. The summed E-state index contributed by atoms with van der Waals surface area (Å²) < 4.78 is 5.68. The second kappa shape index (κ2) is 8.58. The largest absolute Gasteiger partial charge is 0.507 e. The van der Waals surface area contributed by atoms with Crippen molar-refractivity contribution in [2.45, 2.75) is 32.2 Å². The summed E-state index contributed by atoms with van der Waals surface area (Å²) in [6.45, 7) is 2.75. The van der Waals surface area contributed by atoms with Crippen LogP contribution in [-0.2, 0) is 22.4 Å². The van der Waals surface area contributed by atoms with Crippen LogP contribution in [0.1, 0.15) is 41.6 Å². The van der Waals surface area contributed by atoms with Crippen molar-refractivity contribution in [3.8, 4) is 5.75 Å². The number of aliphatic hydroxyl groups excluding tert-OH is 1. The molecule has 0 aliphatic carbocycles. The van der Waals surface area contributed by atoms with Crippen LogP contribution in [0.2, 0.25) is 0 Å². The SMILES string of the molecule is CCc1ccc(C2/C(=C(/O)c3ccc4c(c3)CCCO4)C(=O)C(=O)N2c2ccccc2)cc1. The molecule has 0 bridgehead atoms.